The van der Waals surface area contributed by atoms with Crippen LogP contribution in [0.4, 0.5) is 4.39 Å². The molecular weight excluding hydrogens is 203 g/mol. The van der Waals surface area contributed by atoms with E-state index < -0.39 is 5.24 Å². The minimum Gasteiger partial charge on any atom is -0.281 e. The topological polar surface area (TPSA) is 17.1 Å². The maximum absolute atomic E-state index is 13.2. The van der Waals surface area contributed by atoms with E-state index in [0.29, 0.717) is 12.0 Å². The molecule has 0 bridgehead atoms. The third kappa shape index (κ3) is 2.81. The van der Waals surface area contributed by atoms with Gasteiger partial charge in [0, 0.05) is 5.92 Å². The monoisotopic (exact) mass is 214 g/mol. The van der Waals surface area contributed by atoms with Crippen molar-refractivity contribution < 1.29 is 9.18 Å². The number of hydrogen-bond donors (Lipinski definition) is 0. The summed E-state index contributed by atoms with van der Waals surface area (Å²) in [5.41, 5.74) is 1.53. The van der Waals surface area contributed by atoms with Crippen LogP contribution in [-0.2, 0) is 11.2 Å². The van der Waals surface area contributed by atoms with Crippen LogP contribution in [-0.4, -0.2) is 5.24 Å². The lowest BCUT2D eigenvalue weighted by Crippen LogP contribution is -2.08. The highest BCUT2D eigenvalue weighted by Gasteiger charge is 2.13. The Morgan fingerprint density at radius 1 is 1.57 bits per heavy atom. The molecule has 0 heterocycles. The van der Waals surface area contributed by atoms with E-state index in [1.54, 1.807) is 19.1 Å². The van der Waals surface area contributed by atoms with Crippen LogP contribution < -0.4 is 0 Å². The molecule has 1 rings (SSSR count). The van der Waals surface area contributed by atoms with Crippen LogP contribution in [0.25, 0.3) is 0 Å². The molecule has 0 saturated heterocycles. The van der Waals surface area contributed by atoms with Gasteiger partial charge in [-0.2, -0.15) is 0 Å². The van der Waals surface area contributed by atoms with Crippen molar-refractivity contribution in [3.05, 3.63) is 35.1 Å². The molecule has 0 saturated carbocycles. The second-order valence-corrected chi connectivity index (χ2v) is 3.88. The first-order valence-corrected chi connectivity index (χ1v) is 4.83. The van der Waals surface area contributed by atoms with Crippen molar-refractivity contribution in [2.24, 2.45) is 5.92 Å². The third-order valence-electron chi connectivity index (χ3n) is 2.11. The number of aryl methyl sites for hydroxylation is 1. The second-order valence-electron chi connectivity index (χ2n) is 3.50. The van der Waals surface area contributed by atoms with Crippen molar-refractivity contribution >= 4 is 16.8 Å². The average Bonchev–Trinajstić information content (AvgIpc) is 2.11. The third-order valence-corrected chi connectivity index (χ3v) is 2.49. The zero-order valence-electron chi connectivity index (χ0n) is 8.18. The number of benzene rings is 1. The Morgan fingerprint density at radius 3 is 2.79 bits per heavy atom. The normalized spacial score (nSPS) is 12.6. The molecule has 0 aliphatic heterocycles. The SMILES string of the molecule is Cc1ccc(F)c(CC(C)C(=O)Cl)c1. The molecule has 1 atom stereocenters. The maximum Gasteiger partial charge on any atom is 0.224 e. The summed E-state index contributed by atoms with van der Waals surface area (Å²) >= 11 is 5.31. The fraction of sp³-hybridized carbons (Fsp3) is 0.364. The van der Waals surface area contributed by atoms with Gasteiger partial charge in [-0.15, -0.1) is 0 Å². The zero-order valence-corrected chi connectivity index (χ0v) is 8.94. The van der Waals surface area contributed by atoms with Gasteiger partial charge in [-0.05, 0) is 36.6 Å². The summed E-state index contributed by atoms with van der Waals surface area (Å²) in [4.78, 5) is 10.8. The molecule has 76 valence electrons. The molecule has 0 aromatic heterocycles. The van der Waals surface area contributed by atoms with E-state index in [9.17, 15) is 9.18 Å². The lowest BCUT2D eigenvalue weighted by Gasteiger charge is -2.07. The number of rotatable bonds is 3. The molecule has 1 aromatic carbocycles. The second kappa shape index (κ2) is 4.56. The van der Waals surface area contributed by atoms with E-state index in [4.69, 9.17) is 11.6 Å². The van der Waals surface area contributed by atoms with Crippen LogP contribution in [0.5, 0.6) is 0 Å². The number of carbonyl (C=O) groups excluding carboxylic acids is 1. The standard InChI is InChI=1S/C11H12ClFO/c1-7-3-4-10(13)9(5-7)6-8(2)11(12)14/h3-5,8H,6H2,1-2H3. The summed E-state index contributed by atoms with van der Waals surface area (Å²) in [6.45, 7) is 3.58. The summed E-state index contributed by atoms with van der Waals surface area (Å²) in [7, 11) is 0. The first-order chi connectivity index (χ1) is 6.50. The van der Waals surface area contributed by atoms with Gasteiger partial charge in [-0.3, -0.25) is 4.79 Å². The number of hydrogen-bond acceptors (Lipinski definition) is 1. The van der Waals surface area contributed by atoms with Gasteiger partial charge in [0.1, 0.15) is 5.82 Å². The predicted molar refractivity (Wildman–Crippen MR) is 54.9 cm³/mol. The Hall–Kier alpha value is -0.890. The van der Waals surface area contributed by atoms with Crippen molar-refractivity contribution in [3.63, 3.8) is 0 Å². The minimum atomic E-state index is -0.425. The predicted octanol–water partition coefficient (Wildman–Crippen LogP) is 3.08. The van der Waals surface area contributed by atoms with Gasteiger partial charge in [0.2, 0.25) is 5.24 Å². The van der Waals surface area contributed by atoms with Gasteiger partial charge in [-0.1, -0.05) is 24.6 Å². The molecule has 3 heteroatoms. The van der Waals surface area contributed by atoms with Gasteiger partial charge in [-0.25, -0.2) is 4.39 Å². The maximum atomic E-state index is 13.2. The Kier molecular flexibility index (Phi) is 3.64. The summed E-state index contributed by atoms with van der Waals surface area (Å²) in [5.74, 6) is -0.617. The highest BCUT2D eigenvalue weighted by atomic mass is 35.5. The molecule has 0 spiro atoms. The van der Waals surface area contributed by atoms with Crippen molar-refractivity contribution in [1.82, 2.24) is 0 Å². The number of halogens is 2. The van der Waals surface area contributed by atoms with Crippen LogP contribution in [0.2, 0.25) is 0 Å². The largest absolute Gasteiger partial charge is 0.281 e. The summed E-state index contributed by atoms with van der Waals surface area (Å²) in [6, 6.07) is 4.85. The molecule has 0 fully saturated rings. The summed E-state index contributed by atoms with van der Waals surface area (Å²) in [5, 5.41) is -0.425. The fourth-order valence-corrected chi connectivity index (χ4v) is 1.35. The lowest BCUT2D eigenvalue weighted by molar-refractivity contribution is -0.114. The van der Waals surface area contributed by atoms with Crippen molar-refractivity contribution in [2.75, 3.05) is 0 Å². The van der Waals surface area contributed by atoms with Gasteiger partial charge >= 0.3 is 0 Å². The van der Waals surface area contributed by atoms with Crippen LogP contribution in [0.15, 0.2) is 18.2 Å². The molecule has 0 radical (unpaired) electrons. The van der Waals surface area contributed by atoms with Gasteiger partial charge in [0.25, 0.3) is 0 Å². The molecule has 1 unspecified atom stereocenters. The Labute approximate surface area is 87.9 Å². The lowest BCUT2D eigenvalue weighted by atomic mass is 10.0. The van der Waals surface area contributed by atoms with Crippen molar-refractivity contribution in [3.8, 4) is 0 Å². The molecule has 0 aliphatic carbocycles. The average molecular weight is 215 g/mol. The van der Waals surface area contributed by atoms with Crippen LogP contribution in [0.3, 0.4) is 0 Å². The minimum absolute atomic E-state index is 0.277. The van der Waals surface area contributed by atoms with Crippen molar-refractivity contribution in [2.45, 2.75) is 20.3 Å². The highest BCUT2D eigenvalue weighted by Crippen LogP contribution is 2.16. The first-order valence-electron chi connectivity index (χ1n) is 4.45. The molecule has 0 aliphatic rings. The number of carbonyl (C=O) groups is 1. The zero-order chi connectivity index (χ0) is 10.7. The van der Waals surface area contributed by atoms with E-state index in [0.717, 1.165) is 5.56 Å². The van der Waals surface area contributed by atoms with Crippen LogP contribution in [0, 0.1) is 18.7 Å². The smallest absolute Gasteiger partial charge is 0.224 e. The van der Waals surface area contributed by atoms with E-state index in [1.807, 2.05) is 6.92 Å². The quantitative estimate of drug-likeness (QED) is 0.707. The Balaban J connectivity index is 2.85. The van der Waals surface area contributed by atoms with E-state index in [2.05, 4.69) is 0 Å². The molecule has 14 heavy (non-hydrogen) atoms. The highest BCUT2D eigenvalue weighted by molar-refractivity contribution is 6.63. The van der Waals surface area contributed by atoms with Gasteiger partial charge < -0.3 is 0 Å². The van der Waals surface area contributed by atoms with Gasteiger partial charge in [0.05, 0.1) is 0 Å². The fourth-order valence-electron chi connectivity index (χ4n) is 1.27. The first kappa shape index (κ1) is 11.2. The summed E-state index contributed by atoms with van der Waals surface area (Å²) < 4.78 is 13.2. The van der Waals surface area contributed by atoms with Crippen LogP contribution in [0.1, 0.15) is 18.1 Å². The molecular formula is C11H12ClFO. The summed E-state index contributed by atoms with van der Waals surface area (Å²) in [6.07, 6.45) is 0.357. The molecule has 0 amide bonds. The Bertz CT molecular complexity index is 349. The van der Waals surface area contributed by atoms with E-state index >= 15 is 0 Å². The molecule has 1 nitrogen and oxygen atoms in total. The Morgan fingerprint density at radius 2 is 2.21 bits per heavy atom. The van der Waals surface area contributed by atoms with Gasteiger partial charge in [0.15, 0.2) is 0 Å². The van der Waals surface area contributed by atoms with E-state index in [-0.39, 0.29) is 11.7 Å². The van der Waals surface area contributed by atoms with Crippen molar-refractivity contribution in [1.29, 1.82) is 0 Å². The molecule has 0 N–H and O–H groups in total. The van der Waals surface area contributed by atoms with Crippen LogP contribution >= 0.6 is 11.6 Å². The van der Waals surface area contributed by atoms with E-state index in [1.165, 1.54) is 6.07 Å². The molecule has 1 aromatic rings.